The van der Waals surface area contributed by atoms with Crippen molar-refractivity contribution in [1.82, 2.24) is 15.2 Å². The minimum absolute atomic E-state index is 0.127. The summed E-state index contributed by atoms with van der Waals surface area (Å²) < 4.78 is 26.5. The highest BCUT2D eigenvalue weighted by molar-refractivity contribution is 7.92. The summed E-state index contributed by atoms with van der Waals surface area (Å²) in [7, 11) is -3.63. The van der Waals surface area contributed by atoms with Crippen molar-refractivity contribution in [2.75, 3.05) is 4.72 Å². The van der Waals surface area contributed by atoms with Crippen LogP contribution < -0.4 is 4.72 Å². The maximum atomic E-state index is 12.0. The summed E-state index contributed by atoms with van der Waals surface area (Å²) in [6.07, 6.45) is 2.81. The summed E-state index contributed by atoms with van der Waals surface area (Å²) in [6, 6.07) is 3.53. The Balaban J connectivity index is 2.37. The van der Waals surface area contributed by atoms with Gasteiger partial charge in [0.1, 0.15) is 10.7 Å². The van der Waals surface area contributed by atoms with E-state index in [0.29, 0.717) is 11.5 Å². The first-order valence-corrected chi connectivity index (χ1v) is 6.43. The molecule has 0 atom stereocenters. The molecule has 7 heteroatoms. The second-order valence-corrected chi connectivity index (χ2v) is 5.28. The molecule has 0 aliphatic heterocycles. The Morgan fingerprint density at radius 2 is 2.12 bits per heavy atom. The lowest BCUT2D eigenvalue weighted by atomic mass is 10.3. The molecule has 0 fully saturated rings. The molecule has 0 aliphatic carbocycles. The van der Waals surface area contributed by atoms with Crippen LogP contribution in [0.25, 0.3) is 0 Å². The van der Waals surface area contributed by atoms with Crippen LogP contribution in [0.5, 0.6) is 0 Å². The Morgan fingerprint density at radius 1 is 1.35 bits per heavy atom. The fraction of sp³-hybridized carbons (Fsp3) is 0.200. The second kappa shape index (κ2) is 4.17. The summed E-state index contributed by atoms with van der Waals surface area (Å²) in [5.41, 5.74) is 1.25. The van der Waals surface area contributed by atoms with Crippen molar-refractivity contribution in [1.29, 1.82) is 0 Å². The summed E-state index contributed by atoms with van der Waals surface area (Å²) in [6.45, 7) is 3.43. The Kier molecular flexibility index (Phi) is 2.84. The van der Waals surface area contributed by atoms with Gasteiger partial charge in [0.2, 0.25) is 0 Å². The van der Waals surface area contributed by atoms with E-state index < -0.39 is 10.0 Å². The number of nitrogens with zero attached hydrogens (tertiary/aromatic N) is 2. The van der Waals surface area contributed by atoms with Crippen LogP contribution in [0.4, 0.5) is 5.82 Å². The van der Waals surface area contributed by atoms with Gasteiger partial charge in [-0.3, -0.25) is 9.82 Å². The lowest BCUT2D eigenvalue weighted by Crippen LogP contribution is -2.15. The van der Waals surface area contributed by atoms with Gasteiger partial charge >= 0.3 is 0 Å². The minimum atomic E-state index is -3.63. The number of pyridine rings is 1. The third-order valence-corrected chi connectivity index (χ3v) is 3.77. The molecule has 2 heterocycles. The molecular formula is C10H12N4O2S. The van der Waals surface area contributed by atoms with Crippen molar-refractivity contribution in [3.05, 3.63) is 35.8 Å². The van der Waals surface area contributed by atoms with Crippen molar-refractivity contribution >= 4 is 15.8 Å². The largest absolute Gasteiger partial charge is 0.281 e. The molecule has 0 aromatic carbocycles. The van der Waals surface area contributed by atoms with E-state index in [1.54, 1.807) is 26.0 Å². The highest BCUT2D eigenvalue weighted by Gasteiger charge is 2.19. The first-order valence-electron chi connectivity index (χ1n) is 4.95. The molecule has 90 valence electrons. The number of aromatic nitrogens is 3. The summed E-state index contributed by atoms with van der Waals surface area (Å²) in [5, 5.41) is 6.27. The number of hydrogen-bond acceptors (Lipinski definition) is 4. The molecule has 2 aromatic heterocycles. The Labute approximate surface area is 99.1 Å². The molecule has 17 heavy (non-hydrogen) atoms. The van der Waals surface area contributed by atoms with E-state index in [1.165, 1.54) is 12.4 Å². The standard InChI is InChI=1S/C10H12N4O2S/c1-7-4-3-5-11-10(7)14-17(15,16)9-6-12-13-8(9)2/h3-6H,1-2H3,(H,11,14)(H,12,13). The van der Waals surface area contributed by atoms with Crippen LogP contribution >= 0.6 is 0 Å². The van der Waals surface area contributed by atoms with Gasteiger partial charge in [-0.1, -0.05) is 6.07 Å². The van der Waals surface area contributed by atoms with Crippen LogP contribution in [-0.4, -0.2) is 23.6 Å². The van der Waals surface area contributed by atoms with Gasteiger partial charge in [-0.15, -0.1) is 0 Å². The zero-order valence-electron chi connectivity index (χ0n) is 9.43. The third-order valence-electron chi connectivity index (χ3n) is 2.31. The molecule has 0 aliphatic rings. The lowest BCUT2D eigenvalue weighted by molar-refractivity contribution is 0.600. The average molecular weight is 252 g/mol. The fourth-order valence-electron chi connectivity index (χ4n) is 1.39. The van der Waals surface area contributed by atoms with Gasteiger partial charge in [0.05, 0.1) is 11.9 Å². The average Bonchev–Trinajstić information content (AvgIpc) is 2.68. The quantitative estimate of drug-likeness (QED) is 0.859. The molecule has 0 saturated carbocycles. The fourth-order valence-corrected chi connectivity index (χ4v) is 2.60. The molecule has 0 bridgehead atoms. The van der Waals surface area contributed by atoms with Crippen LogP contribution in [0.2, 0.25) is 0 Å². The topological polar surface area (TPSA) is 87.7 Å². The molecule has 0 spiro atoms. The predicted molar refractivity (Wildman–Crippen MR) is 63.1 cm³/mol. The van der Waals surface area contributed by atoms with Gasteiger partial charge in [0.25, 0.3) is 10.0 Å². The second-order valence-electron chi connectivity index (χ2n) is 3.63. The molecule has 2 N–H and O–H groups in total. The van der Waals surface area contributed by atoms with E-state index in [0.717, 1.165) is 5.56 Å². The zero-order valence-corrected chi connectivity index (χ0v) is 10.2. The predicted octanol–water partition coefficient (Wildman–Crippen LogP) is 1.22. The van der Waals surface area contributed by atoms with E-state index in [4.69, 9.17) is 0 Å². The van der Waals surface area contributed by atoms with Crippen LogP contribution in [0.15, 0.2) is 29.4 Å². The van der Waals surface area contributed by atoms with Crippen molar-refractivity contribution < 1.29 is 8.42 Å². The third kappa shape index (κ3) is 2.28. The normalized spacial score (nSPS) is 11.4. The lowest BCUT2D eigenvalue weighted by Gasteiger charge is -2.08. The SMILES string of the molecule is Cc1cccnc1NS(=O)(=O)c1cn[nH]c1C. The first-order chi connectivity index (χ1) is 8.00. The Hall–Kier alpha value is -1.89. The van der Waals surface area contributed by atoms with Gasteiger partial charge in [-0.2, -0.15) is 5.10 Å². The molecular weight excluding hydrogens is 240 g/mol. The summed E-state index contributed by atoms with van der Waals surface area (Å²) in [4.78, 5) is 4.11. The van der Waals surface area contributed by atoms with E-state index in [1.807, 2.05) is 0 Å². The maximum absolute atomic E-state index is 12.0. The van der Waals surface area contributed by atoms with Crippen LogP contribution in [0.1, 0.15) is 11.3 Å². The molecule has 0 unspecified atom stereocenters. The zero-order chi connectivity index (χ0) is 12.5. The van der Waals surface area contributed by atoms with Crippen LogP contribution in [-0.2, 0) is 10.0 Å². The van der Waals surface area contributed by atoms with Crippen molar-refractivity contribution in [2.45, 2.75) is 18.7 Å². The first kappa shape index (κ1) is 11.6. The number of aromatic amines is 1. The summed E-state index contributed by atoms with van der Waals surface area (Å²) >= 11 is 0. The number of hydrogen-bond donors (Lipinski definition) is 2. The van der Waals surface area contributed by atoms with E-state index in [-0.39, 0.29) is 4.90 Å². The number of H-pyrrole nitrogens is 1. The van der Waals surface area contributed by atoms with Crippen LogP contribution in [0, 0.1) is 13.8 Å². The monoisotopic (exact) mass is 252 g/mol. The van der Waals surface area contributed by atoms with Crippen molar-refractivity contribution in [2.24, 2.45) is 0 Å². The van der Waals surface area contributed by atoms with E-state index >= 15 is 0 Å². The number of aryl methyl sites for hydroxylation is 2. The van der Waals surface area contributed by atoms with Gasteiger partial charge in [0, 0.05) is 6.20 Å². The number of sulfonamides is 1. The Bertz CT molecular complexity index is 633. The van der Waals surface area contributed by atoms with Crippen molar-refractivity contribution in [3.63, 3.8) is 0 Å². The van der Waals surface area contributed by atoms with Gasteiger partial charge < -0.3 is 0 Å². The van der Waals surface area contributed by atoms with Crippen molar-refractivity contribution in [3.8, 4) is 0 Å². The number of rotatable bonds is 3. The van der Waals surface area contributed by atoms with Gasteiger partial charge in [-0.25, -0.2) is 13.4 Å². The molecule has 0 radical (unpaired) electrons. The molecule has 2 rings (SSSR count). The summed E-state index contributed by atoms with van der Waals surface area (Å²) in [5.74, 6) is 0.327. The molecule has 6 nitrogen and oxygen atoms in total. The molecule has 2 aromatic rings. The molecule has 0 amide bonds. The highest BCUT2D eigenvalue weighted by atomic mass is 32.2. The van der Waals surface area contributed by atoms with E-state index in [9.17, 15) is 8.42 Å². The minimum Gasteiger partial charge on any atom is -0.281 e. The molecule has 0 saturated heterocycles. The van der Waals surface area contributed by atoms with Crippen LogP contribution in [0.3, 0.4) is 0 Å². The van der Waals surface area contributed by atoms with Gasteiger partial charge in [-0.05, 0) is 25.5 Å². The number of anilines is 1. The highest BCUT2D eigenvalue weighted by Crippen LogP contribution is 2.17. The van der Waals surface area contributed by atoms with E-state index in [2.05, 4.69) is 19.9 Å². The van der Waals surface area contributed by atoms with Gasteiger partial charge in [0.15, 0.2) is 0 Å². The Morgan fingerprint density at radius 3 is 2.71 bits per heavy atom. The maximum Gasteiger partial charge on any atom is 0.266 e. The smallest absolute Gasteiger partial charge is 0.266 e. The number of nitrogens with one attached hydrogen (secondary N) is 2.